The smallest absolute Gasteiger partial charge is 0.129 e. The van der Waals surface area contributed by atoms with Crippen LogP contribution in [0.25, 0.3) is 0 Å². The Morgan fingerprint density at radius 1 is 1.36 bits per heavy atom. The molecule has 2 rings (SSSR count). The number of hydrogen-bond donors (Lipinski definition) is 0. The molecule has 76 valence electrons. The lowest BCUT2D eigenvalue weighted by atomic mass is 10.2. The maximum absolute atomic E-state index is 12.7. The van der Waals surface area contributed by atoms with E-state index in [0.717, 1.165) is 18.2 Å². The van der Waals surface area contributed by atoms with Crippen molar-refractivity contribution in [1.29, 1.82) is 0 Å². The van der Waals surface area contributed by atoms with E-state index < -0.39 is 11.6 Å². The Balaban J connectivity index is 2.01. The monoisotopic (exact) mass is 200 g/mol. The Bertz CT molecular complexity index is 328. The van der Waals surface area contributed by atoms with Gasteiger partial charge in [0.1, 0.15) is 29.6 Å². The number of hydrogen-bond acceptors (Lipinski definition) is 2. The SMILES string of the molecule is CC1(COc2cc(F)cc(F)c2)CO1. The van der Waals surface area contributed by atoms with Crippen LogP contribution in [0.3, 0.4) is 0 Å². The molecule has 1 unspecified atom stereocenters. The molecule has 2 nitrogen and oxygen atoms in total. The summed E-state index contributed by atoms with van der Waals surface area (Å²) in [5, 5.41) is 0. The topological polar surface area (TPSA) is 21.8 Å². The quantitative estimate of drug-likeness (QED) is 0.697. The lowest BCUT2D eigenvalue weighted by Gasteiger charge is -2.08. The molecule has 0 bridgehead atoms. The Labute approximate surface area is 80.4 Å². The lowest BCUT2D eigenvalue weighted by molar-refractivity contribution is 0.201. The summed E-state index contributed by atoms with van der Waals surface area (Å²) >= 11 is 0. The zero-order valence-corrected chi connectivity index (χ0v) is 7.72. The highest BCUT2D eigenvalue weighted by molar-refractivity contribution is 5.24. The first-order valence-corrected chi connectivity index (χ1v) is 4.30. The van der Waals surface area contributed by atoms with Gasteiger partial charge in [-0.3, -0.25) is 0 Å². The van der Waals surface area contributed by atoms with Gasteiger partial charge in [-0.15, -0.1) is 0 Å². The van der Waals surface area contributed by atoms with Crippen molar-refractivity contribution in [1.82, 2.24) is 0 Å². The van der Waals surface area contributed by atoms with E-state index in [1.54, 1.807) is 0 Å². The van der Waals surface area contributed by atoms with Crippen molar-refractivity contribution in [2.75, 3.05) is 13.2 Å². The third kappa shape index (κ3) is 2.20. The minimum atomic E-state index is -0.637. The molecule has 1 atom stereocenters. The molecule has 1 aromatic carbocycles. The molecular weight excluding hydrogens is 190 g/mol. The number of benzene rings is 1. The fourth-order valence-corrected chi connectivity index (χ4v) is 1.05. The number of rotatable bonds is 3. The van der Waals surface area contributed by atoms with Crippen molar-refractivity contribution in [2.45, 2.75) is 12.5 Å². The molecular formula is C10H10F2O2. The van der Waals surface area contributed by atoms with Crippen molar-refractivity contribution < 1.29 is 18.3 Å². The van der Waals surface area contributed by atoms with E-state index in [1.165, 1.54) is 0 Å². The summed E-state index contributed by atoms with van der Waals surface area (Å²) in [7, 11) is 0. The lowest BCUT2D eigenvalue weighted by Crippen LogP contribution is -2.17. The zero-order valence-electron chi connectivity index (χ0n) is 7.72. The number of epoxide rings is 1. The van der Waals surface area contributed by atoms with Gasteiger partial charge in [-0.25, -0.2) is 8.78 Å². The van der Waals surface area contributed by atoms with Crippen LogP contribution in [0.5, 0.6) is 5.75 Å². The van der Waals surface area contributed by atoms with E-state index in [2.05, 4.69) is 0 Å². The van der Waals surface area contributed by atoms with E-state index >= 15 is 0 Å². The summed E-state index contributed by atoms with van der Waals surface area (Å²) in [6, 6.07) is 3.10. The Hall–Kier alpha value is -1.16. The molecule has 0 N–H and O–H groups in total. The van der Waals surface area contributed by atoms with Crippen LogP contribution in [-0.4, -0.2) is 18.8 Å². The van der Waals surface area contributed by atoms with Crippen molar-refractivity contribution >= 4 is 0 Å². The summed E-state index contributed by atoms with van der Waals surface area (Å²) in [6.07, 6.45) is 0. The molecule has 0 amide bonds. The molecule has 0 spiro atoms. The van der Waals surface area contributed by atoms with Crippen LogP contribution in [0.15, 0.2) is 18.2 Å². The van der Waals surface area contributed by atoms with Gasteiger partial charge in [0.15, 0.2) is 0 Å². The Morgan fingerprint density at radius 2 is 1.93 bits per heavy atom. The van der Waals surface area contributed by atoms with Crippen LogP contribution in [0.1, 0.15) is 6.92 Å². The first kappa shape index (κ1) is 9.40. The zero-order chi connectivity index (χ0) is 10.2. The van der Waals surface area contributed by atoms with Gasteiger partial charge in [-0.1, -0.05) is 0 Å². The standard InChI is InChI=1S/C10H10F2O2/c1-10(6-14-10)5-13-9-3-7(11)2-8(12)4-9/h2-4H,5-6H2,1H3. The molecule has 1 heterocycles. The molecule has 0 aromatic heterocycles. The second kappa shape index (κ2) is 3.20. The second-order valence-corrected chi connectivity index (χ2v) is 3.63. The Kier molecular flexibility index (Phi) is 2.15. The van der Waals surface area contributed by atoms with E-state index in [4.69, 9.17) is 9.47 Å². The largest absolute Gasteiger partial charge is 0.490 e. The van der Waals surface area contributed by atoms with Crippen molar-refractivity contribution in [3.63, 3.8) is 0 Å². The number of ether oxygens (including phenoxy) is 2. The molecule has 1 aliphatic rings. The van der Waals surface area contributed by atoms with Crippen LogP contribution in [0.2, 0.25) is 0 Å². The summed E-state index contributed by atoms with van der Waals surface area (Å²) in [6.45, 7) is 2.82. The minimum absolute atomic E-state index is 0.194. The summed E-state index contributed by atoms with van der Waals surface area (Å²) in [5.41, 5.74) is -0.275. The van der Waals surface area contributed by atoms with Crippen LogP contribution in [0.4, 0.5) is 8.78 Å². The molecule has 0 radical (unpaired) electrons. The first-order chi connectivity index (χ1) is 6.57. The highest BCUT2D eigenvalue weighted by Gasteiger charge is 2.40. The molecule has 1 fully saturated rings. The molecule has 0 saturated carbocycles. The predicted octanol–water partition coefficient (Wildman–Crippen LogP) is 2.13. The fourth-order valence-electron chi connectivity index (χ4n) is 1.05. The summed E-state index contributed by atoms with van der Waals surface area (Å²) < 4.78 is 35.7. The maximum atomic E-state index is 12.7. The average Bonchev–Trinajstić information content (AvgIpc) is 2.80. The molecule has 4 heteroatoms. The predicted molar refractivity (Wildman–Crippen MR) is 46.2 cm³/mol. The van der Waals surface area contributed by atoms with Gasteiger partial charge in [0, 0.05) is 18.2 Å². The van der Waals surface area contributed by atoms with E-state index in [1.807, 2.05) is 6.92 Å². The third-order valence-corrected chi connectivity index (χ3v) is 2.02. The second-order valence-electron chi connectivity index (χ2n) is 3.63. The highest BCUT2D eigenvalue weighted by Crippen LogP contribution is 2.27. The van der Waals surface area contributed by atoms with Gasteiger partial charge >= 0.3 is 0 Å². The molecule has 14 heavy (non-hydrogen) atoms. The van der Waals surface area contributed by atoms with Crippen LogP contribution in [0, 0.1) is 11.6 Å². The molecule has 0 aliphatic carbocycles. The fraction of sp³-hybridized carbons (Fsp3) is 0.400. The molecule has 1 aliphatic heterocycles. The van der Waals surface area contributed by atoms with Crippen LogP contribution >= 0.6 is 0 Å². The van der Waals surface area contributed by atoms with Gasteiger partial charge < -0.3 is 9.47 Å². The van der Waals surface area contributed by atoms with Gasteiger partial charge in [-0.2, -0.15) is 0 Å². The molecule has 1 saturated heterocycles. The first-order valence-electron chi connectivity index (χ1n) is 4.30. The Morgan fingerprint density at radius 3 is 2.43 bits per heavy atom. The third-order valence-electron chi connectivity index (χ3n) is 2.02. The maximum Gasteiger partial charge on any atom is 0.129 e. The van der Waals surface area contributed by atoms with Crippen molar-refractivity contribution in [2.24, 2.45) is 0 Å². The van der Waals surface area contributed by atoms with E-state index in [0.29, 0.717) is 13.2 Å². The van der Waals surface area contributed by atoms with Gasteiger partial charge in [0.05, 0.1) is 6.61 Å². The van der Waals surface area contributed by atoms with Crippen molar-refractivity contribution in [3.05, 3.63) is 29.8 Å². The number of halogens is 2. The van der Waals surface area contributed by atoms with Crippen LogP contribution in [-0.2, 0) is 4.74 Å². The van der Waals surface area contributed by atoms with E-state index in [-0.39, 0.29) is 11.4 Å². The minimum Gasteiger partial charge on any atom is -0.490 e. The van der Waals surface area contributed by atoms with Gasteiger partial charge in [0.25, 0.3) is 0 Å². The van der Waals surface area contributed by atoms with Gasteiger partial charge in [-0.05, 0) is 6.92 Å². The summed E-state index contributed by atoms with van der Waals surface area (Å²) in [5.74, 6) is -1.08. The van der Waals surface area contributed by atoms with E-state index in [9.17, 15) is 8.78 Å². The van der Waals surface area contributed by atoms with Gasteiger partial charge in [0.2, 0.25) is 0 Å². The normalized spacial score (nSPS) is 24.8. The highest BCUT2D eigenvalue weighted by atomic mass is 19.1. The average molecular weight is 200 g/mol. The van der Waals surface area contributed by atoms with Crippen molar-refractivity contribution in [3.8, 4) is 5.75 Å². The molecule has 1 aromatic rings. The summed E-state index contributed by atoms with van der Waals surface area (Å²) in [4.78, 5) is 0. The van der Waals surface area contributed by atoms with Crippen LogP contribution < -0.4 is 4.74 Å².